The molecule has 0 unspecified atom stereocenters. The Morgan fingerprint density at radius 1 is 1.11 bits per heavy atom. The van der Waals surface area contributed by atoms with Gasteiger partial charge in [-0.05, 0) is 50.1 Å². The molecular formula is C16H18FNO. The highest BCUT2D eigenvalue weighted by molar-refractivity contribution is 5.41. The van der Waals surface area contributed by atoms with E-state index in [2.05, 4.69) is 0 Å². The molecule has 0 amide bonds. The monoisotopic (exact) mass is 259 g/mol. The summed E-state index contributed by atoms with van der Waals surface area (Å²) in [5.74, 6) is 0.981. The van der Waals surface area contributed by atoms with E-state index in [1.807, 2.05) is 25.1 Å². The Morgan fingerprint density at radius 2 is 1.89 bits per heavy atom. The highest BCUT2D eigenvalue weighted by atomic mass is 19.1. The Hall–Kier alpha value is -1.87. The topological polar surface area (TPSA) is 35.2 Å². The molecule has 0 bridgehead atoms. The predicted octanol–water partition coefficient (Wildman–Crippen LogP) is 3.74. The highest BCUT2D eigenvalue weighted by Gasteiger charge is 2.06. The van der Waals surface area contributed by atoms with Gasteiger partial charge in [0.15, 0.2) is 0 Å². The lowest BCUT2D eigenvalue weighted by atomic mass is 10.1. The maximum Gasteiger partial charge on any atom is 0.130 e. The maximum absolute atomic E-state index is 13.5. The van der Waals surface area contributed by atoms with Crippen molar-refractivity contribution >= 4 is 0 Å². The van der Waals surface area contributed by atoms with Crippen molar-refractivity contribution in [2.75, 3.05) is 6.54 Å². The van der Waals surface area contributed by atoms with Crippen molar-refractivity contribution in [2.24, 2.45) is 5.73 Å². The second kappa shape index (κ2) is 5.85. The van der Waals surface area contributed by atoms with Crippen LogP contribution in [0.25, 0.3) is 0 Å². The molecule has 2 rings (SSSR count). The van der Waals surface area contributed by atoms with Crippen LogP contribution < -0.4 is 10.5 Å². The quantitative estimate of drug-likeness (QED) is 0.907. The summed E-state index contributed by atoms with van der Waals surface area (Å²) >= 11 is 0. The van der Waals surface area contributed by atoms with Gasteiger partial charge < -0.3 is 10.5 Å². The Kier molecular flexibility index (Phi) is 4.17. The zero-order chi connectivity index (χ0) is 13.8. The summed E-state index contributed by atoms with van der Waals surface area (Å²) in [5, 5.41) is 0. The molecule has 0 aliphatic heterocycles. The Labute approximate surface area is 113 Å². The van der Waals surface area contributed by atoms with Crippen LogP contribution in [0.1, 0.15) is 16.7 Å². The van der Waals surface area contributed by atoms with Crippen molar-refractivity contribution in [3.05, 3.63) is 58.9 Å². The SMILES string of the molecule is Cc1ccc(Oc2ccc(C)c(F)c2)c(CCN)c1. The number of aryl methyl sites for hydroxylation is 2. The Morgan fingerprint density at radius 3 is 2.58 bits per heavy atom. The van der Waals surface area contributed by atoms with E-state index in [0.717, 1.165) is 23.3 Å². The van der Waals surface area contributed by atoms with Crippen LogP contribution in [-0.2, 0) is 6.42 Å². The van der Waals surface area contributed by atoms with Crippen molar-refractivity contribution in [3.63, 3.8) is 0 Å². The second-order valence-electron chi connectivity index (χ2n) is 4.66. The molecule has 0 aromatic heterocycles. The van der Waals surface area contributed by atoms with Gasteiger partial charge in [0.1, 0.15) is 17.3 Å². The Bertz CT molecular complexity index is 581. The van der Waals surface area contributed by atoms with Gasteiger partial charge in [-0.25, -0.2) is 4.39 Å². The lowest BCUT2D eigenvalue weighted by Gasteiger charge is -2.12. The second-order valence-corrected chi connectivity index (χ2v) is 4.66. The third kappa shape index (κ3) is 3.32. The molecule has 2 N–H and O–H groups in total. The molecule has 0 fully saturated rings. The minimum Gasteiger partial charge on any atom is -0.457 e. The van der Waals surface area contributed by atoms with Crippen molar-refractivity contribution in [1.82, 2.24) is 0 Å². The van der Waals surface area contributed by atoms with Gasteiger partial charge in [0.25, 0.3) is 0 Å². The van der Waals surface area contributed by atoms with E-state index in [0.29, 0.717) is 17.9 Å². The molecule has 0 saturated heterocycles. The van der Waals surface area contributed by atoms with Gasteiger partial charge >= 0.3 is 0 Å². The fourth-order valence-corrected chi connectivity index (χ4v) is 1.92. The van der Waals surface area contributed by atoms with Crippen molar-refractivity contribution in [3.8, 4) is 11.5 Å². The van der Waals surface area contributed by atoms with Crippen LogP contribution in [0.3, 0.4) is 0 Å². The summed E-state index contributed by atoms with van der Waals surface area (Å²) in [5.41, 5.74) is 8.41. The number of ether oxygens (including phenoxy) is 1. The Balaban J connectivity index is 2.29. The lowest BCUT2D eigenvalue weighted by molar-refractivity contribution is 0.470. The van der Waals surface area contributed by atoms with Crippen LogP contribution in [0, 0.1) is 19.7 Å². The number of nitrogens with two attached hydrogens (primary N) is 1. The molecule has 2 aromatic carbocycles. The summed E-state index contributed by atoms with van der Waals surface area (Å²) in [4.78, 5) is 0. The average molecular weight is 259 g/mol. The van der Waals surface area contributed by atoms with E-state index in [1.165, 1.54) is 6.07 Å². The number of rotatable bonds is 4. The first-order valence-corrected chi connectivity index (χ1v) is 6.34. The molecular weight excluding hydrogens is 241 g/mol. The van der Waals surface area contributed by atoms with E-state index < -0.39 is 0 Å². The van der Waals surface area contributed by atoms with Gasteiger partial charge in [0.05, 0.1) is 0 Å². The van der Waals surface area contributed by atoms with Crippen LogP contribution in [0.15, 0.2) is 36.4 Å². The summed E-state index contributed by atoms with van der Waals surface area (Å²) in [6.07, 6.45) is 0.741. The average Bonchev–Trinajstić information content (AvgIpc) is 2.37. The maximum atomic E-state index is 13.5. The largest absolute Gasteiger partial charge is 0.457 e. The van der Waals surface area contributed by atoms with Crippen molar-refractivity contribution < 1.29 is 9.13 Å². The van der Waals surface area contributed by atoms with Crippen LogP contribution in [-0.4, -0.2) is 6.54 Å². The summed E-state index contributed by atoms with van der Waals surface area (Å²) in [6.45, 7) is 4.31. The fourth-order valence-electron chi connectivity index (χ4n) is 1.92. The molecule has 0 aliphatic carbocycles. The van der Waals surface area contributed by atoms with E-state index >= 15 is 0 Å². The number of hydrogen-bond acceptors (Lipinski definition) is 2. The summed E-state index contributed by atoms with van der Waals surface area (Å²) < 4.78 is 19.3. The van der Waals surface area contributed by atoms with Gasteiger partial charge in [0, 0.05) is 6.07 Å². The summed E-state index contributed by atoms with van der Waals surface area (Å²) in [6, 6.07) is 10.8. The molecule has 2 aromatic rings. The van der Waals surface area contributed by atoms with Crippen molar-refractivity contribution in [1.29, 1.82) is 0 Å². The normalized spacial score (nSPS) is 10.5. The van der Waals surface area contributed by atoms with Crippen LogP contribution in [0.2, 0.25) is 0 Å². The highest BCUT2D eigenvalue weighted by Crippen LogP contribution is 2.27. The first-order valence-electron chi connectivity index (χ1n) is 6.34. The molecule has 0 saturated carbocycles. The number of hydrogen-bond donors (Lipinski definition) is 1. The van der Waals surface area contributed by atoms with E-state index in [4.69, 9.17) is 10.5 Å². The molecule has 0 atom stereocenters. The molecule has 19 heavy (non-hydrogen) atoms. The molecule has 100 valence electrons. The lowest BCUT2D eigenvalue weighted by Crippen LogP contribution is -2.04. The minimum atomic E-state index is -0.259. The van der Waals surface area contributed by atoms with Gasteiger partial charge in [-0.3, -0.25) is 0 Å². The standard InChI is InChI=1S/C16H18FNO/c1-11-3-6-16(13(9-11)7-8-18)19-14-5-4-12(2)15(17)10-14/h3-6,9-10H,7-8,18H2,1-2H3. The summed E-state index contributed by atoms with van der Waals surface area (Å²) in [7, 11) is 0. The van der Waals surface area contributed by atoms with E-state index in [9.17, 15) is 4.39 Å². The van der Waals surface area contributed by atoms with Gasteiger partial charge in [-0.2, -0.15) is 0 Å². The molecule has 0 aliphatic rings. The van der Waals surface area contributed by atoms with Crippen LogP contribution >= 0.6 is 0 Å². The molecule has 0 heterocycles. The van der Waals surface area contributed by atoms with Crippen LogP contribution in [0.4, 0.5) is 4.39 Å². The third-order valence-corrected chi connectivity index (χ3v) is 3.00. The first-order chi connectivity index (χ1) is 9.10. The van der Waals surface area contributed by atoms with E-state index in [1.54, 1.807) is 19.1 Å². The molecule has 0 radical (unpaired) electrons. The molecule has 3 heteroatoms. The van der Waals surface area contributed by atoms with E-state index in [-0.39, 0.29) is 5.82 Å². The van der Waals surface area contributed by atoms with Crippen molar-refractivity contribution in [2.45, 2.75) is 20.3 Å². The smallest absolute Gasteiger partial charge is 0.130 e. The van der Waals surface area contributed by atoms with Crippen LogP contribution in [0.5, 0.6) is 11.5 Å². The predicted molar refractivity (Wildman–Crippen MR) is 75.1 cm³/mol. The zero-order valence-electron chi connectivity index (χ0n) is 11.2. The number of benzene rings is 2. The number of halogens is 1. The fraction of sp³-hybridized carbons (Fsp3) is 0.250. The first kappa shape index (κ1) is 13.6. The third-order valence-electron chi connectivity index (χ3n) is 3.00. The molecule has 2 nitrogen and oxygen atoms in total. The zero-order valence-corrected chi connectivity index (χ0v) is 11.2. The minimum absolute atomic E-state index is 0.259. The molecule has 0 spiro atoms. The van der Waals surface area contributed by atoms with Gasteiger partial charge in [0.2, 0.25) is 0 Å². The van der Waals surface area contributed by atoms with Gasteiger partial charge in [-0.15, -0.1) is 0 Å². The van der Waals surface area contributed by atoms with Gasteiger partial charge in [-0.1, -0.05) is 23.8 Å².